The maximum atomic E-state index is 4.23. The predicted octanol–water partition coefficient (Wildman–Crippen LogP) is 6.65. The number of allylic oxidation sites excluding steroid dienone is 4. The second-order valence-electron chi connectivity index (χ2n) is 6.14. The first-order valence-electron chi connectivity index (χ1n) is 9.17. The van der Waals surface area contributed by atoms with Crippen molar-refractivity contribution in [3.05, 3.63) is 36.2 Å². The fraction of sp³-hybridized carbons (Fsp3) is 0.700. The summed E-state index contributed by atoms with van der Waals surface area (Å²) in [6.07, 6.45) is 28.6. The van der Waals surface area contributed by atoms with Crippen LogP contribution in [0.25, 0.3) is 0 Å². The molecule has 1 radical (unpaired) electrons. The molecule has 1 rings (SSSR count). The van der Waals surface area contributed by atoms with Gasteiger partial charge in [-0.2, -0.15) is 0 Å². The molecule has 0 spiro atoms. The molecule has 0 aliphatic carbocycles. The zero-order valence-electron chi connectivity index (χ0n) is 14.0. The van der Waals surface area contributed by atoms with Crippen LogP contribution in [0.3, 0.4) is 0 Å². The minimum absolute atomic E-state index is 1.09. The number of nitrogens with zero attached hydrogens (tertiary/aromatic N) is 1. The summed E-state index contributed by atoms with van der Waals surface area (Å²) in [5.41, 5.74) is 1.09. The molecule has 1 nitrogen and oxygen atoms in total. The van der Waals surface area contributed by atoms with Crippen molar-refractivity contribution in [2.24, 2.45) is 0 Å². The number of unbranched alkanes of at least 4 members (excludes halogenated alkanes) is 12. The van der Waals surface area contributed by atoms with Crippen LogP contribution in [0.2, 0.25) is 0 Å². The Labute approximate surface area is 132 Å². The van der Waals surface area contributed by atoms with Gasteiger partial charge in [-0.1, -0.05) is 83.6 Å². The number of rotatable bonds is 14. The van der Waals surface area contributed by atoms with Crippen molar-refractivity contribution in [3.8, 4) is 0 Å². The average Bonchev–Trinajstić information content (AvgIpc) is 3.01. The lowest BCUT2D eigenvalue weighted by Crippen LogP contribution is -1.86. The van der Waals surface area contributed by atoms with E-state index in [4.69, 9.17) is 0 Å². The number of hydrogen-bond donors (Lipinski definition) is 0. The molecule has 1 aliphatic heterocycles. The number of hydrogen-bond acceptors (Lipinski definition) is 0. The quantitative estimate of drug-likeness (QED) is 0.318. The monoisotopic (exact) mass is 288 g/mol. The van der Waals surface area contributed by atoms with E-state index in [1.54, 1.807) is 0 Å². The lowest BCUT2D eigenvalue weighted by Gasteiger charge is -2.02. The SMILES string of the molecule is CCCCCCCCCCCCCC/C=C/C1=CC=C[N]1. The summed E-state index contributed by atoms with van der Waals surface area (Å²) < 4.78 is 0. The lowest BCUT2D eigenvalue weighted by atomic mass is 10.0. The van der Waals surface area contributed by atoms with Gasteiger partial charge in [0.1, 0.15) is 0 Å². The van der Waals surface area contributed by atoms with Crippen LogP contribution in [0.4, 0.5) is 0 Å². The summed E-state index contributed by atoms with van der Waals surface area (Å²) in [4.78, 5) is 0. The minimum Gasteiger partial charge on any atom is -0.257 e. The Balaban J connectivity index is 1.72. The molecule has 0 atom stereocenters. The Hall–Kier alpha value is -0.980. The molecular weight excluding hydrogens is 254 g/mol. The second kappa shape index (κ2) is 14.0. The second-order valence-corrected chi connectivity index (χ2v) is 6.14. The summed E-state index contributed by atoms with van der Waals surface area (Å²) >= 11 is 0. The van der Waals surface area contributed by atoms with Gasteiger partial charge in [0.05, 0.1) is 5.70 Å². The van der Waals surface area contributed by atoms with Gasteiger partial charge in [0, 0.05) is 6.20 Å². The fourth-order valence-electron chi connectivity index (χ4n) is 2.72. The third kappa shape index (κ3) is 11.4. The van der Waals surface area contributed by atoms with Gasteiger partial charge >= 0.3 is 0 Å². The van der Waals surface area contributed by atoms with Gasteiger partial charge in [-0.3, -0.25) is 5.32 Å². The molecule has 0 saturated carbocycles. The highest BCUT2D eigenvalue weighted by Crippen LogP contribution is 2.12. The highest BCUT2D eigenvalue weighted by Gasteiger charge is 1.94. The topological polar surface area (TPSA) is 14.1 Å². The van der Waals surface area contributed by atoms with E-state index in [9.17, 15) is 0 Å². The molecular formula is C20H34N. The molecule has 0 unspecified atom stereocenters. The summed E-state index contributed by atoms with van der Waals surface area (Å²) in [6.45, 7) is 2.29. The van der Waals surface area contributed by atoms with Crippen LogP contribution >= 0.6 is 0 Å². The van der Waals surface area contributed by atoms with Crippen molar-refractivity contribution in [1.82, 2.24) is 5.32 Å². The van der Waals surface area contributed by atoms with Crippen molar-refractivity contribution < 1.29 is 0 Å². The maximum absolute atomic E-state index is 4.23. The molecule has 1 heterocycles. The van der Waals surface area contributed by atoms with E-state index >= 15 is 0 Å². The third-order valence-electron chi connectivity index (χ3n) is 4.09. The highest BCUT2D eigenvalue weighted by atomic mass is 14.9. The van der Waals surface area contributed by atoms with Gasteiger partial charge in [-0.25, -0.2) is 0 Å². The van der Waals surface area contributed by atoms with Crippen molar-refractivity contribution in [3.63, 3.8) is 0 Å². The van der Waals surface area contributed by atoms with Gasteiger partial charge in [0.2, 0.25) is 0 Å². The van der Waals surface area contributed by atoms with Crippen molar-refractivity contribution in [1.29, 1.82) is 0 Å². The Bertz CT molecular complexity index is 312. The van der Waals surface area contributed by atoms with E-state index in [2.05, 4.69) is 30.5 Å². The lowest BCUT2D eigenvalue weighted by molar-refractivity contribution is 0.545. The summed E-state index contributed by atoms with van der Waals surface area (Å²) in [5, 5.41) is 4.23. The Morgan fingerprint density at radius 3 is 1.90 bits per heavy atom. The van der Waals surface area contributed by atoms with Crippen molar-refractivity contribution in [2.45, 2.75) is 90.4 Å². The van der Waals surface area contributed by atoms with Crippen LogP contribution in [-0.4, -0.2) is 0 Å². The molecule has 21 heavy (non-hydrogen) atoms. The van der Waals surface area contributed by atoms with Crippen LogP contribution in [0.1, 0.15) is 90.4 Å². The van der Waals surface area contributed by atoms with Crippen molar-refractivity contribution >= 4 is 0 Å². The van der Waals surface area contributed by atoms with Gasteiger partial charge in [-0.15, -0.1) is 0 Å². The normalized spacial score (nSPS) is 13.9. The molecule has 0 amide bonds. The molecule has 0 aromatic rings. The van der Waals surface area contributed by atoms with Gasteiger partial charge in [-0.05, 0) is 31.1 Å². The minimum atomic E-state index is 1.09. The highest BCUT2D eigenvalue weighted by molar-refractivity contribution is 5.28. The summed E-state index contributed by atoms with van der Waals surface area (Å²) in [5.74, 6) is 0. The van der Waals surface area contributed by atoms with Crippen LogP contribution in [-0.2, 0) is 0 Å². The molecule has 1 aliphatic rings. The first kappa shape index (κ1) is 18.1. The maximum Gasteiger partial charge on any atom is 0.0626 e. The zero-order valence-corrected chi connectivity index (χ0v) is 14.0. The van der Waals surface area contributed by atoms with Crippen molar-refractivity contribution in [2.75, 3.05) is 0 Å². The smallest absolute Gasteiger partial charge is 0.0626 e. The van der Waals surface area contributed by atoms with Gasteiger partial charge < -0.3 is 0 Å². The van der Waals surface area contributed by atoms with E-state index in [0.717, 1.165) is 5.70 Å². The van der Waals surface area contributed by atoms with E-state index in [0.29, 0.717) is 0 Å². The van der Waals surface area contributed by atoms with E-state index in [1.807, 2.05) is 12.3 Å². The van der Waals surface area contributed by atoms with Crippen LogP contribution < -0.4 is 5.32 Å². The standard InChI is InChI=1S/C20H34N/c1-2-3-4-5-6-7-8-9-10-11-12-13-14-15-17-20-18-16-19-21-20/h15-19H,2-14H2,1H3/b17-15+. The van der Waals surface area contributed by atoms with Gasteiger partial charge in [0.15, 0.2) is 0 Å². The first-order chi connectivity index (χ1) is 10.4. The molecule has 0 fully saturated rings. The third-order valence-corrected chi connectivity index (χ3v) is 4.09. The molecule has 1 heteroatoms. The molecule has 0 bridgehead atoms. The average molecular weight is 288 g/mol. The molecule has 0 N–H and O–H groups in total. The summed E-state index contributed by atoms with van der Waals surface area (Å²) in [7, 11) is 0. The first-order valence-corrected chi connectivity index (χ1v) is 9.17. The zero-order chi connectivity index (χ0) is 15.0. The van der Waals surface area contributed by atoms with Crippen LogP contribution in [0.15, 0.2) is 36.2 Å². The fourth-order valence-corrected chi connectivity index (χ4v) is 2.72. The Morgan fingerprint density at radius 2 is 1.38 bits per heavy atom. The Kier molecular flexibility index (Phi) is 12.0. The molecule has 0 aromatic heterocycles. The predicted molar refractivity (Wildman–Crippen MR) is 94.2 cm³/mol. The van der Waals surface area contributed by atoms with Crippen LogP contribution in [0, 0.1) is 0 Å². The largest absolute Gasteiger partial charge is 0.257 e. The molecule has 0 saturated heterocycles. The van der Waals surface area contributed by atoms with E-state index < -0.39 is 0 Å². The van der Waals surface area contributed by atoms with E-state index in [-0.39, 0.29) is 0 Å². The Morgan fingerprint density at radius 1 is 0.810 bits per heavy atom. The van der Waals surface area contributed by atoms with Crippen LogP contribution in [0.5, 0.6) is 0 Å². The summed E-state index contributed by atoms with van der Waals surface area (Å²) in [6, 6.07) is 0. The van der Waals surface area contributed by atoms with E-state index in [1.165, 1.54) is 83.5 Å². The molecule has 0 aromatic carbocycles. The molecule has 119 valence electrons. The van der Waals surface area contributed by atoms with Gasteiger partial charge in [0.25, 0.3) is 0 Å².